The molecule has 2 rings (SSSR count). The van der Waals surface area contributed by atoms with E-state index in [1.807, 2.05) is 11.7 Å². The summed E-state index contributed by atoms with van der Waals surface area (Å²) in [5.74, 6) is 0. The van der Waals surface area contributed by atoms with Crippen molar-refractivity contribution in [3.63, 3.8) is 0 Å². The van der Waals surface area contributed by atoms with Crippen LogP contribution in [0.2, 0.25) is 0 Å². The van der Waals surface area contributed by atoms with E-state index in [1.54, 1.807) is 0 Å². The Morgan fingerprint density at radius 3 is 2.75 bits per heavy atom. The first kappa shape index (κ1) is 11.6. The van der Waals surface area contributed by atoms with E-state index in [0.717, 1.165) is 25.5 Å². The lowest BCUT2D eigenvalue weighted by Crippen LogP contribution is -2.35. The van der Waals surface area contributed by atoms with Crippen LogP contribution < -0.4 is 5.32 Å². The van der Waals surface area contributed by atoms with Gasteiger partial charge in [0.15, 0.2) is 0 Å². The minimum absolute atomic E-state index is 0.103. The summed E-state index contributed by atoms with van der Waals surface area (Å²) in [5.41, 5.74) is 2.45. The van der Waals surface area contributed by atoms with E-state index in [9.17, 15) is 0 Å². The molecule has 1 aromatic rings. The van der Waals surface area contributed by atoms with Gasteiger partial charge >= 0.3 is 0 Å². The van der Waals surface area contributed by atoms with Gasteiger partial charge in [-0.05, 0) is 6.07 Å². The topological polar surface area (TPSA) is 39.1 Å². The molecule has 0 saturated carbocycles. The van der Waals surface area contributed by atoms with Gasteiger partial charge < -0.3 is 10.1 Å². The second-order valence-electron chi connectivity index (χ2n) is 5.41. The van der Waals surface area contributed by atoms with Crippen LogP contribution in [-0.4, -0.2) is 29.5 Å². The Morgan fingerprint density at radius 1 is 1.50 bits per heavy atom. The fourth-order valence-corrected chi connectivity index (χ4v) is 1.93. The number of hydrogen-bond acceptors (Lipinski definition) is 3. The van der Waals surface area contributed by atoms with E-state index >= 15 is 0 Å². The fraction of sp³-hybridized carbons (Fsp3) is 0.750. The first-order chi connectivity index (χ1) is 7.48. The fourth-order valence-electron chi connectivity index (χ4n) is 1.93. The maximum Gasteiger partial charge on any atom is 0.0730 e. The van der Waals surface area contributed by atoms with Crippen LogP contribution in [0.4, 0.5) is 0 Å². The highest BCUT2D eigenvalue weighted by Crippen LogP contribution is 2.24. The van der Waals surface area contributed by atoms with Crippen molar-refractivity contribution in [2.45, 2.75) is 32.2 Å². The summed E-state index contributed by atoms with van der Waals surface area (Å²) >= 11 is 0. The van der Waals surface area contributed by atoms with Crippen molar-refractivity contribution in [3.8, 4) is 0 Å². The van der Waals surface area contributed by atoms with Crippen LogP contribution in [0.1, 0.15) is 38.2 Å². The molecule has 2 heterocycles. The molecule has 1 aliphatic heterocycles. The van der Waals surface area contributed by atoms with E-state index in [1.165, 1.54) is 5.69 Å². The number of nitrogens with zero attached hydrogens (tertiary/aromatic N) is 2. The van der Waals surface area contributed by atoms with Gasteiger partial charge in [0.25, 0.3) is 0 Å². The zero-order valence-corrected chi connectivity index (χ0v) is 10.6. The van der Waals surface area contributed by atoms with Gasteiger partial charge in [0.1, 0.15) is 0 Å². The molecular weight excluding hydrogens is 202 g/mol. The van der Waals surface area contributed by atoms with E-state index in [4.69, 9.17) is 4.74 Å². The summed E-state index contributed by atoms with van der Waals surface area (Å²) in [5, 5.41) is 8.03. The third-order valence-electron chi connectivity index (χ3n) is 2.96. The first-order valence-corrected chi connectivity index (χ1v) is 5.84. The molecule has 1 fully saturated rings. The number of aromatic nitrogens is 2. The van der Waals surface area contributed by atoms with Crippen LogP contribution in [0.25, 0.3) is 0 Å². The number of aryl methyl sites for hydroxylation is 1. The van der Waals surface area contributed by atoms with Gasteiger partial charge in [0.2, 0.25) is 0 Å². The predicted octanol–water partition coefficient (Wildman–Crippen LogP) is 1.38. The lowest BCUT2D eigenvalue weighted by Gasteiger charge is -2.23. The van der Waals surface area contributed by atoms with E-state index < -0.39 is 0 Å². The molecule has 0 amide bonds. The lowest BCUT2D eigenvalue weighted by atomic mass is 9.92. The minimum Gasteiger partial charge on any atom is -0.378 e. The van der Waals surface area contributed by atoms with Crippen molar-refractivity contribution in [1.29, 1.82) is 0 Å². The predicted molar refractivity (Wildman–Crippen MR) is 63.5 cm³/mol. The van der Waals surface area contributed by atoms with E-state index in [-0.39, 0.29) is 11.5 Å². The van der Waals surface area contributed by atoms with Crippen LogP contribution in [0.15, 0.2) is 6.07 Å². The van der Waals surface area contributed by atoms with Crippen molar-refractivity contribution >= 4 is 0 Å². The van der Waals surface area contributed by atoms with Gasteiger partial charge in [0.05, 0.1) is 30.6 Å². The third kappa shape index (κ3) is 2.28. The van der Waals surface area contributed by atoms with E-state index in [2.05, 4.69) is 37.3 Å². The van der Waals surface area contributed by atoms with E-state index in [0.29, 0.717) is 0 Å². The molecule has 0 aromatic carbocycles. The Labute approximate surface area is 97.0 Å². The Kier molecular flexibility index (Phi) is 3.04. The average Bonchev–Trinajstić information content (AvgIpc) is 2.61. The summed E-state index contributed by atoms with van der Waals surface area (Å²) in [6.45, 7) is 9.02. The van der Waals surface area contributed by atoms with Crippen LogP contribution in [-0.2, 0) is 17.2 Å². The average molecular weight is 223 g/mol. The number of rotatable bonds is 1. The zero-order chi connectivity index (χ0) is 11.8. The molecule has 1 saturated heterocycles. The molecular formula is C12H21N3O. The largest absolute Gasteiger partial charge is 0.378 e. The quantitative estimate of drug-likeness (QED) is 0.781. The highest BCUT2D eigenvalue weighted by Gasteiger charge is 2.23. The molecule has 0 radical (unpaired) electrons. The Bertz CT molecular complexity index is 359. The first-order valence-electron chi connectivity index (χ1n) is 5.84. The molecule has 1 aliphatic rings. The highest BCUT2D eigenvalue weighted by atomic mass is 16.5. The summed E-state index contributed by atoms with van der Waals surface area (Å²) in [4.78, 5) is 0. The van der Waals surface area contributed by atoms with Crippen molar-refractivity contribution < 1.29 is 4.74 Å². The molecule has 16 heavy (non-hydrogen) atoms. The number of morpholine rings is 1. The van der Waals surface area contributed by atoms with Gasteiger partial charge in [0, 0.05) is 19.0 Å². The number of ether oxygens (including phenoxy) is 1. The molecule has 1 aromatic heterocycles. The summed E-state index contributed by atoms with van der Waals surface area (Å²) in [7, 11) is 2.00. The molecule has 0 spiro atoms. The lowest BCUT2D eigenvalue weighted by molar-refractivity contribution is 0.0744. The number of nitrogens with one attached hydrogen (secondary N) is 1. The second kappa shape index (κ2) is 4.18. The van der Waals surface area contributed by atoms with Gasteiger partial charge in [-0.3, -0.25) is 4.68 Å². The van der Waals surface area contributed by atoms with Gasteiger partial charge in [-0.2, -0.15) is 5.10 Å². The highest BCUT2D eigenvalue weighted by molar-refractivity contribution is 5.20. The van der Waals surface area contributed by atoms with Crippen LogP contribution in [0.5, 0.6) is 0 Å². The zero-order valence-electron chi connectivity index (χ0n) is 10.6. The van der Waals surface area contributed by atoms with Crippen molar-refractivity contribution in [3.05, 3.63) is 17.5 Å². The van der Waals surface area contributed by atoms with Gasteiger partial charge in [-0.25, -0.2) is 0 Å². The van der Waals surface area contributed by atoms with Gasteiger partial charge in [-0.15, -0.1) is 0 Å². The normalized spacial score (nSPS) is 22.4. The van der Waals surface area contributed by atoms with Gasteiger partial charge in [-0.1, -0.05) is 20.8 Å². The molecule has 0 bridgehead atoms. The molecule has 1 N–H and O–H groups in total. The molecule has 1 atom stereocenters. The maximum atomic E-state index is 5.48. The Morgan fingerprint density at radius 2 is 2.25 bits per heavy atom. The summed E-state index contributed by atoms with van der Waals surface area (Å²) in [6.07, 6.45) is 0. The SMILES string of the molecule is Cn1nc(C(C)(C)C)cc1C1COCCN1. The maximum absolute atomic E-state index is 5.48. The molecule has 0 aliphatic carbocycles. The molecule has 4 heteroatoms. The monoisotopic (exact) mass is 223 g/mol. The summed E-state index contributed by atoms with van der Waals surface area (Å²) in [6, 6.07) is 2.47. The van der Waals surface area contributed by atoms with Crippen molar-refractivity contribution in [1.82, 2.24) is 15.1 Å². The van der Waals surface area contributed by atoms with Crippen LogP contribution in [0.3, 0.4) is 0 Å². The molecule has 4 nitrogen and oxygen atoms in total. The number of hydrogen-bond donors (Lipinski definition) is 1. The smallest absolute Gasteiger partial charge is 0.0730 e. The van der Waals surface area contributed by atoms with Crippen LogP contribution in [0, 0.1) is 0 Å². The standard InChI is InChI=1S/C12H21N3O/c1-12(2,3)11-7-10(15(4)14-11)9-8-16-6-5-13-9/h7,9,13H,5-6,8H2,1-4H3. The Hall–Kier alpha value is -0.870. The second-order valence-corrected chi connectivity index (χ2v) is 5.41. The van der Waals surface area contributed by atoms with Crippen molar-refractivity contribution in [2.75, 3.05) is 19.8 Å². The molecule has 90 valence electrons. The molecule has 1 unspecified atom stereocenters. The summed E-state index contributed by atoms with van der Waals surface area (Å²) < 4.78 is 7.45. The minimum atomic E-state index is 0.103. The third-order valence-corrected chi connectivity index (χ3v) is 2.96. The van der Waals surface area contributed by atoms with Crippen molar-refractivity contribution in [2.24, 2.45) is 7.05 Å². The Balaban J connectivity index is 2.24. The van der Waals surface area contributed by atoms with Crippen LogP contribution >= 0.6 is 0 Å².